The number of allylic oxidation sites excluding steroid dienone is 1. The van der Waals surface area contributed by atoms with E-state index >= 15 is 0 Å². The van der Waals surface area contributed by atoms with Gasteiger partial charge in [0, 0.05) is 17.5 Å². The highest BCUT2D eigenvalue weighted by molar-refractivity contribution is 7.99. The van der Waals surface area contributed by atoms with E-state index in [0.717, 1.165) is 42.3 Å². The van der Waals surface area contributed by atoms with E-state index < -0.39 is 0 Å². The van der Waals surface area contributed by atoms with Crippen LogP contribution in [0, 0.1) is 5.92 Å². The summed E-state index contributed by atoms with van der Waals surface area (Å²) >= 11 is 2.98. The molecule has 28 heavy (non-hydrogen) atoms. The molecule has 2 aromatic heterocycles. The van der Waals surface area contributed by atoms with Gasteiger partial charge < -0.3 is 5.32 Å². The van der Waals surface area contributed by atoms with E-state index in [9.17, 15) is 9.59 Å². The van der Waals surface area contributed by atoms with Crippen molar-refractivity contribution in [3.63, 3.8) is 0 Å². The molecule has 0 saturated carbocycles. The largest absolute Gasteiger partial charge is 0.353 e. The van der Waals surface area contributed by atoms with Gasteiger partial charge in [0.2, 0.25) is 5.91 Å². The second-order valence-corrected chi connectivity index (χ2v) is 9.53. The van der Waals surface area contributed by atoms with Crippen molar-refractivity contribution in [2.75, 3.05) is 5.75 Å². The standard InChI is InChI=1S/C21H29N3O2S2/c1-5-10-24-20(26)18-15-9-8-13(4)11-16(15)28-19(18)23-21(24)27-12-17(25)22-14(6-2)7-3/h5,13-14H,1,6-12H2,2-4H3,(H,22,25)/t13-/m0/s1. The Balaban J connectivity index is 1.91. The number of nitrogens with zero attached hydrogens (tertiary/aromatic N) is 2. The Bertz CT molecular complexity index is 928. The van der Waals surface area contributed by atoms with Crippen LogP contribution in [0.5, 0.6) is 0 Å². The molecule has 3 rings (SSSR count). The number of nitrogens with one attached hydrogen (secondary N) is 1. The number of rotatable bonds is 8. The molecule has 0 unspecified atom stereocenters. The molecule has 0 spiro atoms. The summed E-state index contributed by atoms with van der Waals surface area (Å²) < 4.78 is 1.66. The molecule has 0 radical (unpaired) electrons. The highest BCUT2D eigenvalue weighted by Crippen LogP contribution is 2.36. The van der Waals surface area contributed by atoms with Gasteiger partial charge in [-0.2, -0.15) is 0 Å². The van der Waals surface area contributed by atoms with Crippen molar-refractivity contribution in [1.82, 2.24) is 14.9 Å². The van der Waals surface area contributed by atoms with Crippen LogP contribution >= 0.6 is 23.1 Å². The van der Waals surface area contributed by atoms with Crippen LogP contribution in [0.3, 0.4) is 0 Å². The lowest BCUT2D eigenvalue weighted by Gasteiger charge is -2.17. The fraction of sp³-hybridized carbons (Fsp3) is 0.571. The van der Waals surface area contributed by atoms with E-state index in [4.69, 9.17) is 4.98 Å². The molecule has 0 aliphatic heterocycles. The van der Waals surface area contributed by atoms with Crippen LogP contribution in [0.1, 0.15) is 50.5 Å². The Labute approximate surface area is 174 Å². The average Bonchev–Trinajstić information content (AvgIpc) is 3.04. The van der Waals surface area contributed by atoms with Crippen molar-refractivity contribution in [3.8, 4) is 0 Å². The minimum atomic E-state index is -0.0162. The summed E-state index contributed by atoms with van der Waals surface area (Å²) in [7, 11) is 0. The minimum Gasteiger partial charge on any atom is -0.353 e. The third-order valence-electron chi connectivity index (χ3n) is 5.37. The molecule has 2 aromatic rings. The number of hydrogen-bond acceptors (Lipinski definition) is 5. The molecular formula is C21H29N3O2S2. The zero-order valence-corrected chi connectivity index (χ0v) is 18.5. The summed E-state index contributed by atoms with van der Waals surface area (Å²) in [5.41, 5.74) is 1.19. The Morgan fingerprint density at radius 2 is 2.21 bits per heavy atom. The molecule has 152 valence electrons. The maximum atomic E-state index is 13.2. The van der Waals surface area contributed by atoms with E-state index in [1.165, 1.54) is 22.2 Å². The summed E-state index contributed by atoms with van der Waals surface area (Å²) in [4.78, 5) is 32.4. The van der Waals surface area contributed by atoms with Crippen molar-refractivity contribution in [3.05, 3.63) is 33.4 Å². The fourth-order valence-corrected chi connectivity index (χ4v) is 5.94. The van der Waals surface area contributed by atoms with E-state index in [-0.39, 0.29) is 23.3 Å². The zero-order valence-electron chi connectivity index (χ0n) is 16.9. The Kier molecular flexibility index (Phi) is 6.99. The molecule has 0 saturated heterocycles. The number of fused-ring (bicyclic) bond motifs is 3. The number of thioether (sulfide) groups is 1. The highest BCUT2D eigenvalue weighted by atomic mass is 32.2. The molecule has 1 atom stereocenters. The van der Waals surface area contributed by atoms with Crippen LogP contribution in [-0.2, 0) is 24.2 Å². The normalized spacial score (nSPS) is 16.4. The van der Waals surface area contributed by atoms with Crippen molar-refractivity contribution in [2.24, 2.45) is 5.92 Å². The molecule has 1 aliphatic carbocycles. The fourth-order valence-electron chi connectivity index (χ4n) is 3.70. The number of aromatic nitrogens is 2. The second-order valence-electron chi connectivity index (χ2n) is 7.50. The SMILES string of the molecule is C=CCn1c(SCC(=O)NC(CC)CC)nc2sc3c(c2c1=O)CC[C@H](C)C3. The van der Waals surface area contributed by atoms with Gasteiger partial charge in [0.05, 0.1) is 11.1 Å². The lowest BCUT2D eigenvalue weighted by atomic mass is 9.89. The van der Waals surface area contributed by atoms with Gasteiger partial charge in [0.15, 0.2) is 5.16 Å². The van der Waals surface area contributed by atoms with Crippen molar-refractivity contribution < 1.29 is 4.79 Å². The third kappa shape index (κ3) is 4.35. The monoisotopic (exact) mass is 419 g/mol. The number of amides is 1. The van der Waals surface area contributed by atoms with Crippen molar-refractivity contribution in [1.29, 1.82) is 0 Å². The quantitative estimate of drug-likeness (QED) is 0.396. The second kappa shape index (κ2) is 9.27. The molecule has 7 heteroatoms. The number of aryl methyl sites for hydroxylation is 1. The zero-order chi connectivity index (χ0) is 20.3. The molecule has 0 bridgehead atoms. The summed E-state index contributed by atoms with van der Waals surface area (Å²) in [5.74, 6) is 0.893. The summed E-state index contributed by atoms with van der Waals surface area (Å²) in [6.45, 7) is 10.6. The first kappa shape index (κ1) is 21.1. The van der Waals surface area contributed by atoms with E-state index in [2.05, 4.69) is 32.7 Å². The Morgan fingerprint density at radius 3 is 2.89 bits per heavy atom. The van der Waals surface area contributed by atoms with Crippen LogP contribution in [0.15, 0.2) is 22.6 Å². The molecule has 1 N–H and O–H groups in total. The molecule has 1 amide bonds. The van der Waals surface area contributed by atoms with E-state index in [1.54, 1.807) is 22.0 Å². The van der Waals surface area contributed by atoms with Gasteiger partial charge >= 0.3 is 0 Å². The van der Waals surface area contributed by atoms with Crippen molar-refractivity contribution >= 4 is 39.2 Å². The van der Waals surface area contributed by atoms with E-state index in [1.807, 2.05) is 0 Å². The van der Waals surface area contributed by atoms with Crippen LogP contribution in [-0.4, -0.2) is 27.3 Å². The molecule has 2 heterocycles. The third-order valence-corrected chi connectivity index (χ3v) is 7.50. The van der Waals surface area contributed by atoms with E-state index in [0.29, 0.717) is 17.6 Å². The predicted molar refractivity (Wildman–Crippen MR) is 119 cm³/mol. The van der Waals surface area contributed by atoms with Gasteiger partial charge in [-0.15, -0.1) is 17.9 Å². The molecule has 1 aliphatic rings. The van der Waals surface area contributed by atoms with Gasteiger partial charge in [-0.05, 0) is 43.6 Å². The van der Waals surface area contributed by atoms with Gasteiger partial charge in [0.25, 0.3) is 5.56 Å². The number of carbonyl (C=O) groups is 1. The molecule has 0 fully saturated rings. The minimum absolute atomic E-state index is 0.000135. The summed E-state index contributed by atoms with van der Waals surface area (Å²) in [5, 5.41) is 4.42. The highest BCUT2D eigenvalue weighted by Gasteiger charge is 2.24. The molecular weight excluding hydrogens is 390 g/mol. The number of carbonyl (C=O) groups excluding carboxylic acids is 1. The average molecular weight is 420 g/mol. The van der Waals surface area contributed by atoms with Gasteiger partial charge in [-0.25, -0.2) is 4.98 Å². The number of thiophene rings is 1. The Hall–Kier alpha value is -1.60. The van der Waals surface area contributed by atoms with Crippen LogP contribution in [0.25, 0.3) is 10.2 Å². The topological polar surface area (TPSA) is 64.0 Å². The molecule has 5 nitrogen and oxygen atoms in total. The van der Waals surface area contributed by atoms with Gasteiger partial charge in [-0.1, -0.05) is 38.6 Å². The predicted octanol–water partition coefficient (Wildman–Crippen LogP) is 4.17. The summed E-state index contributed by atoms with van der Waals surface area (Å²) in [6.07, 6.45) is 6.63. The van der Waals surface area contributed by atoms with Crippen LogP contribution < -0.4 is 10.9 Å². The lowest BCUT2D eigenvalue weighted by Crippen LogP contribution is -2.35. The first-order valence-corrected chi connectivity index (χ1v) is 11.9. The van der Waals surface area contributed by atoms with Crippen molar-refractivity contribution in [2.45, 2.75) is 70.6 Å². The lowest BCUT2D eigenvalue weighted by molar-refractivity contribution is -0.119. The van der Waals surface area contributed by atoms with Gasteiger partial charge in [0.1, 0.15) is 4.83 Å². The first-order chi connectivity index (χ1) is 13.5. The number of hydrogen-bond donors (Lipinski definition) is 1. The van der Waals surface area contributed by atoms with Crippen LogP contribution in [0.2, 0.25) is 0 Å². The maximum Gasteiger partial charge on any atom is 0.263 e. The Morgan fingerprint density at radius 1 is 1.46 bits per heavy atom. The molecule has 0 aromatic carbocycles. The smallest absolute Gasteiger partial charge is 0.263 e. The van der Waals surface area contributed by atoms with Crippen LogP contribution in [0.4, 0.5) is 0 Å². The maximum absolute atomic E-state index is 13.2. The first-order valence-electron chi connectivity index (χ1n) is 10.1. The summed E-state index contributed by atoms with van der Waals surface area (Å²) in [6, 6.07) is 0.199. The van der Waals surface area contributed by atoms with Gasteiger partial charge in [-0.3, -0.25) is 14.2 Å².